The number of hydrogen-bond donors (Lipinski definition) is 1. The van der Waals surface area contributed by atoms with Crippen LogP contribution in [-0.2, 0) is 6.42 Å². The lowest BCUT2D eigenvalue weighted by Gasteiger charge is -2.28. The second kappa shape index (κ2) is 6.39. The molecule has 1 aromatic heterocycles. The summed E-state index contributed by atoms with van der Waals surface area (Å²) >= 11 is 0. The Kier molecular flexibility index (Phi) is 4.34. The van der Waals surface area contributed by atoms with E-state index in [9.17, 15) is 0 Å². The molecule has 1 aliphatic rings. The molecule has 21 heavy (non-hydrogen) atoms. The molecule has 1 aromatic carbocycles. The van der Waals surface area contributed by atoms with Gasteiger partial charge in [-0.05, 0) is 32.4 Å². The number of nitrogens with zero attached hydrogens (tertiary/aromatic N) is 2. The molecule has 2 aromatic rings. The van der Waals surface area contributed by atoms with Gasteiger partial charge in [-0.3, -0.25) is 0 Å². The zero-order chi connectivity index (χ0) is 14.7. The molecule has 3 rings (SSSR count). The normalized spacial score (nSPS) is 22.4. The molecule has 4 nitrogen and oxygen atoms in total. The molecule has 0 saturated heterocycles. The van der Waals surface area contributed by atoms with Crippen molar-refractivity contribution >= 4 is 0 Å². The van der Waals surface area contributed by atoms with E-state index in [4.69, 9.17) is 4.52 Å². The van der Waals surface area contributed by atoms with Crippen LogP contribution in [0.4, 0.5) is 0 Å². The first-order valence-corrected chi connectivity index (χ1v) is 7.81. The molecule has 1 N–H and O–H groups in total. The minimum Gasteiger partial charge on any atom is -0.339 e. The highest BCUT2D eigenvalue weighted by Gasteiger charge is 2.29. The van der Waals surface area contributed by atoms with Gasteiger partial charge < -0.3 is 9.84 Å². The Balaban J connectivity index is 1.73. The summed E-state index contributed by atoms with van der Waals surface area (Å²) in [7, 11) is 2.02. The van der Waals surface area contributed by atoms with Crippen LogP contribution in [0.3, 0.4) is 0 Å². The zero-order valence-electron chi connectivity index (χ0n) is 12.8. The Morgan fingerprint density at radius 1 is 1.29 bits per heavy atom. The molecular formula is C17H23N3O. The van der Waals surface area contributed by atoms with Crippen molar-refractivity contribution < 1.29 is 4.52 Å². The summed E-state index contributed by atoms with van der Waals surface area (Å²) in [4.78, 5) is 4.64. The van der Waals surface area contributed by atoms with Gasteiger partial charge in [-0.2, -0.15) is 4.98 Å². The fraction of sp³-hybridized carbons (Fsp3) is 0.529. The average Bonchev–Trinajstić information content (AvgIpc) is 2.95. The second-order valence-electron chi connectivity index (χ2n) is 6.00. The highest BCUT2D eigenvalue weighted by Crippen LogP contribution is 2.32. The molecule has 0 aliphatic heterocycles. The molecule has 2 unspecified atom stereocenters. The maximum atomic E-state index is 5.54. The van der Waals surface area contributed by atoms with Crippen molar-refractivity contribution in [2.75, 3.05) is 7.05 Å². The Morgan fingerprint density at radius 3 is 2.95 bits per heavy atom. The van der Waals surface area contributed by atoms with Gasteiger partial charge >= 0.3 is 0 Å². The molecule has 0 spiro atoms. The third-order valence-corrected chi connectivity index (χ3v) is 4.38. The van der Waals surface area contributed by atoms with Gasteiger partial charge in [0.25, 0.3) is 0 Å². The first-order valence-electron chi connectivity index (χ1n) is 7.81. The number of hydrogen-bond acceptors (Lipinski definition) is 4. The summed E-state index contributed by atoms with van der Waals surface area (Å²) < 4.78 is 5.54. The lowest BCUT2D eigenvalue weighted by Crippen LogP contribution is -2.34. The fourth-order valence-corrected chi connectivity index (χ4v) is 3.27. The predicted octanol–water partition coefficient (Wildman–Crippen LogP) is 3.21. The van der Waals surface area contributed by atoms with Crippen LogP contribution in [0.25, 0.3) is 0 Å². The van der Waals surface area contributed by atoms with E-state index in [1.165, 1.54) is 30.4 Å². The standard InChI is InChI=1S/C17H23N3O/c1-12-6-5-7-13(10-12)11-16-19-17(21-20-16)14-8-3-4-9-15(14)18-2/h5-7,10,14-15,18H,3-4,8-9,11H2,1-2H3. The van der Waals surface area contributed by atoms with Gasteiger partial charge in [0.2, 0.25) is 5.89 Å². The first kappa shape index (κ1) is 14.3. The molecule has 112 valence electrons. The van der Waals surface area contributed by atoms with Crippen molar-refractivity contribution in [3.63, 3.8) is 0 Å². The van der Waals surface area contributed by atoms with Gasteiger partial charge in [0, 0.05) is 12.5 Å². The Morgan fingerprint density at radius 2 is 2.14 bits per heavy atom. The van der Waals surface area contributed by atoms with E-state index in [0.29, 0.717) is 12.0 Å². The number of benzene rings is 1. The van der Waals surface area contributed by atoms with E-state index in [1.54, 1.807) is 0 Å². The predicted molar refractivity (Wildman–Crippen MR) is 82.3 cm³/mol. The number of rotatable bonds is 4. The highest BCUT2D eigenvalue weighted by molar-refractivity contribution is 5.24. The third kappa shape index (κ3) is 3.32. The maximum Gasteiger partial charge on any atom is 0.231 e. The van der Waals surface area contributed by atoms with Crippen LogP contribution in [0.1, 0.15) is 54.4 Å². The number of likely N-dealkylation sites (N-methyl/N-ethyl adjacent to an activating group) is 1. The lowest BCUT2D eigenvalue weighted by molar-refractivity contribution is 0.269. The van der Waals surface area contributed by atoms with Crippen molar-refractivity contribution in [1.82, 2.24) is 15.5 Å². The molecule has 0 radical (unpaired) electrons. The Labute approximate surface area is 126 Å². The van der Waals surface area contributed by atoms with Gasteiger partial charge in [0.15, 0.2) is 5.82 Å². The van der Waals surface area contributed by atoms with Crippen LogP contribution in [0, 0.1) is 6.92 Å². The average molecular weight is 285 g/mol. The summed E-state index contributed by atoms with van der Waals surface area (Å²) in [5.74, 6) is 1.95. The van der Waals surface area contributed by atoms with Crippen LogP contribution in [0.2, 0.25) is 0 Å². The van der Waals surface area contributed by atoms with E-state index >= 15 is 0 Å². The summed E-state index contributed by atoms with van der Waals surface area (Å²) in [5, 5.41) is 7.56. The minimum absolute atomic E-state index is 0.363. The van der Waals surface area contributed by atoms with Crippen LogP contribution >= 0.6 is 0 Å². The molecule has 2 atom stereocenters. The third-order valence-electron chi connectivity index (χ3n) is 4.38. The van der Waals surface area contributed by atoms with Crippen LogP contribution in [0.5, 0.6) is 0 Å². The largest absolute Gasteiger partial charge is 0.339 e. The quantitative estimate of drug-likeness (QED) is 0.937. The van der Waals surface area contributed by atoms with E-state index in [-0.39, 0.29) is 0 Å². The molecule has 1 fully saturated rings. The van der Waals surface area contributed by atoms with Crippen LogP contribution < -0.4 is 5.32 Å². The summed E-state index contributed by atoms with van der Waals surface area (Å²) in [6.45, 7) is 2.10. The monoisotopic (exact) mass is 285 g/mol. The first-order chi connectivity index (χ1) is 10.3. The number of nitrogens with one attached hydrogen (secondary N) is 1. The zero-order valence-corrected chi connectivity index (χ0v) is 12.8. The molecular weight excluding hydrogens is 262 g/mol. The van der Waals surface area contributed by atoms with Gasteiger partial charge in [-0.25, -0.2) is 0 Å². The topological polar surface area (TPSA) is 51.0 Å². The van der Waals surface area contributed by atoms with E-state index in [1.807, 2.05) is 7.05 Å². The summed E-state index contributed by atoms with van der Waals surface area (Å²) in [6.07, 6.45) is 5.60. The summed E-state index contributed by atoms with van der Waals surface area (Å²) in [6, 6.07) is 8.92. The minimum atomic E-state index is 0.363. The lowest BCUT2D eigenvalue weighted by atomic mass is 9.84. The van der Waals surface area contributed by atoms with Crippen molar-refractivity contribution in [2.24, 2.45) is 0 Å². The molecule has 0 amide bonds. The second-order valence-corrected chi connectivity index (χ2v) is 6.00. The van der Waals surface area contributed by atoms with Crippen molar-refractivity contribution in [1.29, 1.82) is 0 Å². The molecule has 4 heteroatoms. The van der Waals surface area contributed by atoms with Gasteiger partial charge in [0.05, 0.1) is 5.92 Å². The van der Waals surface area contributed by atoms with Crippen molar-refractivity contribution in [3.05, 3.63) is 47.1 Å². The van der Waals surface area contributed by atoms with E-state index in [2.05, 4.69) is 46.6 Å². The van der Waals surface area contributed by atoms with Crippen LogP contribution in [0.15, 0.2) is 28.8 Å². The van der Waals surface area contributed by atoms with Crippen LogP contribution in [-0.4, -0.2) is 23.2 Å². The van der Waals surface area contributed by atoms with Crippen molar-refractivity contribution in [2.45, 2.75) is 51.0 Å². The number of aromatic nitrogens is 2. The van der Waals surface area contributed by atoms with E-state index < -0.39 is 0 Å². The van der Waals surface area contributed by atoms with E-state index in [0.717, 1.165) is 24.6 Å². The highest BCUT2D eigenvalue weighted by atomic mass is 16.5. The smallest absolute Gasteiger partial charge is 0.231 e. The molecule has 1 aliphatic carbocycles. The van der Waals surface area contributed by atoms with Gasteiger partial charge in [-0.1, -0.05) is 47.8 Å². The molecule has 1 saturated carbocycles. The van der Waals surface area contributed by atoms with Gasteiger partial charge in [-0.15, -0.1) is 0 Å². The Bertz CT molecular complexity index is 593. The van der Waals surface area contributed by atoms with Gasteiger partial charge in [0.1, 0.15) is 0 Å². The SMILES string of the molecule is CNC1CCCCC1c1nc(Cc2cccc(C)c2)no1. The maximum absolute atomic E-state index is 5.54. The fourth-order valence-electron chi connectivity index (χ4n) is 3.27. The summed E-state index contributed by atoms with van der Waals surface area (Å²) in [5.41, 5.74) is 2.50. The Hall–Kier alpha value is -1.68. The molecule has 1 heterocycles. The molecule has 0 bridgehead atoms. The number of aryl methyl sites for hydroxylation is 1. The van der Waals surface area contributed by atoms with Crippen molar-refractivity contribution in [3.8, 4) is 0 Å².